The maximum absolute atomic E-state index is 12.8. The third-order valence-electron chi connectivity index (χ3n) is 3.76. The van der Waals surface area contributed by atoms with Gasteiger partial charge in [-0.05, 0) is 25.7 Å². The summed E-state index contributed by atoms with van der Waals surface area (Å²) in [5.41, 5.74) is -1.81. The van der Waals surface area contributed by atoms with E-state index in [9.17, 15) is 21.6 Å². The lowest BCUT2D eigenvalue weighted by Crippen LogP contribution is -2.53. The molecule has 0 spiro atoms. The quantitative estimate of drug-likeness (QED) is 0.848. The fraction of sp³-hybridized carbons (Fsp3) is 1.00. The molecule has 2 atom stereocenters. The van der Waals surface area contributed by atoms with Crippen molar-refractivity contribution >= 4 is 9.84 Å². The van der Waals surface area contributed by atoms with E-state index in [-0.39, 0.29) is 12.8 Å². The fourth-order valence-corrected chi connectivity index (χ4v) is 3.99. The van der Waals surface area contributed by atoms with Crippen LogP contribution in [0.15, 0.2) is 0 Å². The van der Waals surface area contributed by atoms with Gasteiger partial charge >= 0.3 is 6.18 Å². The van der Waals surface area contributed by atoms with Crippen molar-refractivity contribution in [3.05, 3.63) is 0 Å². The van der Waals surface area contributed by atoms with E-state index >= 15 is 0 Å². The van der Waals surface area contributed by atoms with Gasteiger partial charge < -0.3 is 0 Å². The van der Waals surface area contributed by atoms with Gasteiger partial charge in [0.05, 0.1) is 5.25 Å². The molecule has 0 aliphatic heterocycles. The van der Waals surface area contributed by atoms with E-state index in [1.165, 1.54) is 0 Å². The van der Waals surface area contributed by atoms with Crippen LogP contribution in [-0.2, 0) is 9.84 Å². The first-order valence-corrected chi connectivity index (χ1v) is 7.64. The van der Waals surface area contributed by atoms with Crippen molar-refractivity contribution in [2.24, 2.45) is 0 Å². The van der Waals surface area contributed by atoms with Crippen molar-refractivity contribution in [3.8, 4) is 0 Å². The zero-order chi connectivity index (χ0) is 12.9. The summed E-state index contributed by atoms with van der Waals surface area (Å²) in [5, 5.41) is 1.89. The molecule has 7 heteroatoms. The first kappa shape index (κ1) is 13.1. The molecule has 3 nitrogen and oxygen atoms in total. The number of sulfone groups is 1. The van der Waals surface area contributed by atoms with Gasteiger partial charge in [-0.15, -0.1) is 0 Å². The molecule has 100 valence electrons. The number of nitrogens with one attached hydrogen (secondary N) is 1. The fourth-order valence-electron chi connectivity index (χ4n) is 2.59. The summed E-state index contributed by atoms with van der Waals surface area (Å²) in [7, 11) is -3.27. The SMILES string of the molecule is CS(=O)(=O)C1CCCC1NC1(C(F)(F)F)CC1. The number of hydrogen-bond donors (Lipinski definition) is 1. The van der Waals surface area contributed by atoms with Crippen molar-refractivity contribution in [2.45, 2.75) is 55.1 Å². The minimum absolute atomic E-state index is 0.0590. The van der Waals surface area contributed by atoms with E-state index in [1.54, 1.807) is 0 Å². The van der Waals surface area contributed by atoms with E-state index in [1.807, 2.05) is 0 Å². The van der Waals surface area contributed by atoms with Crippen molar-refractivity contribution in [1.82, 2.24) is 5.32 Å². The Morgan fingerprint density at radius 3 is 2.24 bits per heavy atom. The molecule has 0 amide bonds. The molecule has 2 unspecified atom stereocenters. The van der Waals surface area contributed by atoms with E-state index in [2.05, 4.69) is 5.32 Å². The minimum atomic E-state index is -4.28. The Bertz CT molecular complexity index is 400. The minimum Gasteiger partial charge on any atom is -0.300 e. The average molecular weight is 271 g/mol. The summed E-state index contributed by atoms with van der Waals surface area (Å²) in [6.07, 6.45) is -1.42. The van der Waals surface area contributed by atoms with E-state index in [0.717, 1.165) is 6.26 Å². The van der Waals surface area contributed by atoms with Crippen molar-refractivity contribution in [1.29, 1.82) is 0 Å². The highest BCUT2D eigenvalue weighted by Gasteiger charge is 2.64. The molecule has 2 fully saturated rings. The van der Waals surface area contributed by atoms with E-state index in [0.29, 0.717) is 19.3 Å². The summed E-state index contributed by atoms with van der Waals surface area (Å²) in [5.74, 6) is 0. The van der Waals surface area contributed by atoms with Gasteiger partial charge in [-0.1, -0.05) is 6.42 Å². The van der Waals surface area contributed by atoms with Gasteiger partial charge in [-0.2, -0.15) is 13.2 Å². The van der Waals surface area contributed by atoms with Gasteiger partial charge in [-0.25, -0.2) is 8.42 Å². The molecule has 0 aromatic rings. The second kappa shape index (κ2) is 3.85. The molecule has 0 aromatic carbocycles. The lowest BCUT2D eigenvalue weighted by atomic mass is 10.1. The van der Waals surface area contributed by atoms with Gasteiger partial charge in [0, 0.05) is 12.3 Å². The average Bonchev–Trinajstić information content (AvgIpc) is 2.74. The third-order valence-corrected chi connectivity index (χ3v) is 5.42. The summed E-state index contributed by atoms with van der Waals surface area (Å²) >= 11 is 0. The molecule has 2 aliphatic rings. The monoisotopic (exact) mass is 271 g/mol. The van der Waals surface area contributed by atoms with Gasteiger partial charge in [0.1, 0.15) is 5.54 Å². The molecule has 0 aromatic heterocycles. The Morgan fingerprint density at radius 1 is 1.24 bits per heavy atom. The van der Waals surface area contributed by atoms with Crippen molar-refractivity contribution < 1.29 is 21.6 Å². The molecule has 2 saturated carbocycles. The van der Waals surface area contributed by atoms with Gasteiger partial charge in [0.2, 0.25) is 0 Å². The Hall–Kier alpha value is -0.300. The summed E-state index contributed by atoms with van der Waals surface area (Å²) in [6.45, 7) is 0. The van der Waals surface area contributed by atoms with Crippen LogP contribution in [0, 0.1) is 0 Å². The van der Waals surface area contributed by atoms with Gasteiger partial charge in [0.15, 0.2) is 9.84 Å². The first-order valence-electron chi connectivity index (χ1n) is 5.69. The zero-order valence-electron chi connectivity index (χ0n) is 9.55. The van der Waals surface area contributed by atoms with Crippen LogP contribution >= 0.6 is 0 Å². The van der Waals surface area contributed by atoms with Crippen LogP contribution < -0.4 is 5.32 Å². The maximum atomic E-state index is 12.8. The standard InChI is InChI=1S/C10H16F3NO2S/c1-17(15,16)8-4-2-3-7(8)14-9(5-6-9)10(11,12)13/h7-8,14H,2-6H2,1H3. The second-order valence-electron chi connectivity index (χ2n) is 5.13. The lowest BCUT2D eigenvalue weighted by Gasteiger charge is -2.27. The van der Waals surface area contributed by atoms with Gasteiger partial charge in [-0.3, -0.25) is 5.32 Å². The Balaban J connectivity index is 2.10. The zero-order valence-corrected chi connectivity index (χ0v) is 10.4. The number of halogens is 3. The molecule has 17 heavy (non-hydrogen) atoms. The molecule has 0 radical (unpaired) electrons. The van der Waals surface area contributed by atoms with E-state index < -0.39 is 32.8 Å². The Kier molecular flexibility index (Phi) is 2.97. The molecule has 0 heterocycles. The number of rotatable bonds is 3. The Morgan fingerprint density at radius 2 is 1.82 bits per heavy atom. The van der Waals surface area contributed by atoms with Crippen LogP contribution in [0.5, 0.6) is 0 Å². The summed E-state index contributed by atoms with van der Waals surface area (Å²) in [4.78, 5) is 0. The largest absolute Gasteiger partial charge is 0.406 e. The Labute approximate surface area is 98.7 Å². The predicted molar refractivity (Wildman–Crippen MR) is 57.4 cm³/mol. The highest BCUT2D eigenvalue weighted by Crippen LogP contribution is 2.50. The van der Waals surface area contributed by atoms with Crippen molar-refractivity contribution in [2.75, 3.05) is 6.26 Å². The van der Waals surface area contributed by atoms with Crippen LogP contribution in [0.1, 0.15) is 32.1 Å². The first-order chi connectivity index (χ1) is 7.66. The normalized spacial score (nSPS) is 32.7. The smallest absolute Gasteiger partial charge is 0.300 e. The molecule has 1 N–H and O–H groups in total. The molecule has 2 aliphatic carbocycles. The highest BCUT2D eigenvalue weighted by molar-refractivity contribution is 7.91. The lowest BCUT2D eigenvalue weighted by molar-refractivity contribution is -0.167. The van der Waals surface area contributed by atoms with Crippen LogP contribution in [0.4, 0.5) is 13.2 Å². The van der Waals surface area contributed by atoms with Crippen LogP contribution in [0.2, 0.25) is 0 Å². The van der Waals surface area contributed by atoms with Crippen molar-refractivity contribution in [3.63, 3.8) is 0 Å². The predicted octanol–water partition coefficient (Wildman–Crippen LogP) is 1.64. The molecular formula is C10H16F3NO2S. The van der Waals surface area contributed by atoms with E-state index in [4.69, 9.17) is 0 Å². The van der Waals surface area contributed by atoms with Crippen LogP contribution in [-0.4, -0.2) is 37.7 Å². The number of alkyl halides is 3. The second-order valence-corrected chi connectivity index (χ2v) is 7.39. The van der Waals surface area contributed by atoms with Crippen LogP contribution in [0.3, 0.4) is 0 Å². The molecule has 2 rings (SSSR count). The third kappa shape index (κ3) is 2.45. The topological polar surface area (TPSA) is 46.2 Å². The van der Waals surface area contributed by atoms with Crippen LogP contribution in [0.25, 0.3) is 0 Å². The maximum Gasteiger partial charge on any atom is 0.406 e. The molecule has 0 bridgehead atoms. The summed E-state index contributed by atoms with van der Waals surface area (Å²) in [6, 6.07) is -0.547. The highest BCUT2D eigenvalue weighted by atomic mass is 32.2. The molecular weight excluding hydrogens is 255 g/mol. The molecule has 0 saturated heterocycles. The number of hydrogen-bond acceptors (Lipinski definition) is 3. The van der Waals surface area contributed by atoms with Gasteiger partial charge in [0.25, 0.3) is 0 Å². The summed E-state index contributed by atoms with van der Waals surface area (Å²) < 4.78 is 61.2.